The summed E-state index contributed by atoms with van der Waals surface area (Å²) in [5.41, 5.74) is 5.00. The lowest BCUT2D eigenvalue weighted by Gasteiger charge is -2.19. The Kier molecular flexibility index (Phi) is 2.50. The molecule has 0 aromatic heterocycles. The molecule has 0 aliphatic carbocycles. The topological polar surface area (TPSA) is 101 Å². The quantitative estimate of drug-likeness (QED) is 0.562. The van der Waals surface area contributed by atoms with Crippen LogP contribution in [0.5, 0.6) is 0 Å². The second kappa shape index (κ2) is 3.42. The van der Waals surface area contributed by atoms with Gasteiger partial charge in [-0.3, -0.25) is 14.4 Å². The first-order chi connectivity index (χ1) is 6.02. The number of hydrogen-bond donors (Lipinski definition) is 2. The Labute approximate surface area is 74.3 Å². The number of amides is 2. The first-order valence-corrected chi connectivity index (χ1v) is 3.83. The average Bonchev–Trinajstić information content (AvgIpc) is 2.32. The summed E-state index contributed by atoms with van der Waals surface area (Å²) in [7, 11) is 0. The summed E-state index contributed by atoms with van der Waals surface area (Å²) in [6.07, 6.45) is 0.516. The Balaban J connectivity index is 2.71. The second-order valence-electron chi connectivity index (χ2n) is 2.87. The van der Waals surface area contributed by atoms with Crippen LogP contribution in [0.4, 0.5) is 0 Å². The smallest absolute Gasteiger partial charge is 0.323 e. The summed E-state index contributed by atoms with van der Waals surface area (Å²) >= 11 is 0. The van der Waals surface area contributed by atoms with Crippen molar-refractivity contribution in [2.45, 2.75) is 18.9 Å². The second-order valence-corrected chi connectivity index (χ2v) is 2.87. The first kappa shape index (κ1) is 9.50. The van der Waals surface area contributed by atoms with Gasteiger partial charge in [0.05, 0.1) is 0 Å². The summed E-state index contributed by atoms with van der Waals surface area (Å²) in [4.78, 5) is 33.2. The number of likely N-dealkylation sites (tertiary alicyclic amines) is 1. The van der Waals surface area contributed by atoms with Crippen molar-refractivity contribution in [1.82, 2.24) is 4.90 Å². The highest BCUT2D eigenvalue weighted by Gasteiger charge is 2.35. The van der Waals surface area contributed by atoms with E-state index in [4.69, 9.17) is 10.8 Å². The Morgan fingerprint density at radius 1 is 1.62 bits per heavy atom. The molecule has 1 rings (SSSR count). The Morgan fingerprint density at radius 3 is 2.69 bits per heavy atom. The van der Waals surface area contributed by atoms with Crippen LogP contribution in [-0.2, 0) is 14.4 Å². The van der Waals surface area contributed by atoms with Gasteiger partial charge in [0, 0.05) is 6.42 Å². The molecule has 2 amide bonds. The van der Waals surface area contributed by atoms with E-state index in [0.717, 1.165) is 4.90 Å². The van der Waals surface area contributed by atoms with Crippen LogP contribution in [0.1, 0.15) is 12.8 Å². The number of hydrogen-bond acceptors (Lipinski definition) is 3. The molecule has 1 saturated heterocycles. The number of nitrogens with two attached hydrogens (primary N) is 1. The van der Waals surface area contributed by atoms with Crippen LogP contribution in [-0.4, -0.2) is 40.4 Å². The van der Waals surface area contributed by atoms with Crippen LogP contribution in [0, 0.1) is 0 Å². The Bertz CT molecular complexity index is 263. The highest BCUT2D eigenvalue weighted by atomic mass is 16.4. The maximum Gasteiger partial charge on any atom is 0.323 e. The average molecular weight is 186 g/mol. The predicted octanol–water partition coefficient (Wildman–Crippen LogP) is -1.45. The van der Waals surface area contributed by atoms with Gasteiger partial charge in [-0.25, -0.2) is 0 Å². The summed E-state index contributed by atoms with van der Waals surface area (Å²) in [5.74, 6) is -2.11. The van der Waals surface area contributed by atoms with E-state index >= 15 is 0 Å². The molecule has 72 valence electrons. The third-order valence-corrected chi connectivity index (χ3v) is 1.96. The maximum absolute atomic E-state index is 11.1. The van der Waals surface area contributed by atoms with Gasteiger partial charge in [0.2, 0.25) is 11.8 Å². The van der Waals surface area contributed by atoms with E-state index in [9.17, 15) is 14.4 Å². The molecule has 1 aliphatic rings. The molecule has 1 atom stereocenters. The molecule has 0 aromatic carbocycles. The van der Waals surface area contributed by atoms with Gasteiger partial charge in [-0.2, -0.15) is 0 Å². The molecule has 0 saturated carbocycles. The lowest BCUT2D eigenvalue weighted by Crippen LogP contribution is -2.44. The minimum atomic E-state index is -1.14. The van der Waals surface area contributed by atoms with Crippen LogP contribution >= 0.6 is 0 Å². The SMILES string of the molecule is NC(=O)[C@@H]1CCC(=O)N1CC(=O)O. The molecule has 1 fully saturated rings. The largest absolute Gasteiger partial charge is 0.480 e. The molecule has 0 spiro atoms. The zero-order valence-corrected chi connectivity index (χ0v) is 6.90. The molecule has 3 N–H and O–H groups in total. The van der Waals surface area contributed by atoms with Crippen molar-refractivity contribution in [1.29, 1.82) is 0 Å². The van der Waals surface area contributed by atoms with Crippen LogP contribution in [0.15, 0.2) is 0 Å². The van der Waals surface area contributed by atoms with Gasteiger partial charge >= 0.3 is 5.97 Å². The van der Waals surface area contributed by atoms with E-state index in [2.05, 4.69) is 0 Å². The molecule has 1 aliphatic heterocycles. The lowest BCUT2D eigenvalue weighted by molar-refractivity contribution is -0.145. The standard InChI is InChI=1S/C7H10N2O4/c8-7(13)4-1-2-5(10)9(4)3-6(11)12/h4H,1-3H2,(H2,8,13)(H,11,12)/t4-/m0/s1. The normalized spacial score (nSPS) is 22.0. The van der Waals surface area contributed by atoms with Crippen molar-refractivity contribution in [2.75, 3.05) is 6.54 Å². The number of carbonyl (C=O) groups excluding carboxylic acids is 2. The summed E-state index contributed by atoms with van der Waals surface area (Å²) in [6.45, 7) is -0.452. The van der Waals surface area contributed by atoms with Crippen molar-refractivity contribution in [3.05, 3.63) is 0 Å². The molecule has 13 heavy (non-hydrogen) atoms. The van der Waals surface area contributed by atoms with E-state index in [0.29, 0.717) is 6.42 Å². The van der Waals surface area contributed by atoms with Crippen molar-refractivity contribution >= 4 is 17.8 Å². The predicted molar refractivity (Wildman–Crippen MR) is 41.6 cm³/mol. The Hall–Kier alpha value is -1.59. The Morgan fingerprint density at radius 2 is 2.23 bits per heavy atom. The lowest BCUT2D eigenvalue weighted by atomic mass is 10.2. The van der Waals surface area contributed by atoms with Crippen molar-refractivity contribution in [3.8, 4) is 0 Å². The van der Waals surface area contributed by atoms with Gasteiger partial charge in [-0.15, -0.1) is 0 Å². The van der Waals surface area contributed by atoms with Gasteiger partial charge in [0.25, 0.3) is 0 Å². The van der Waals surface area contributed by atoms with Crippen LogP contribution in [0.25, 0.3) is 0 Å². The molecule has 0 bridgehead atoms. The summed E-state index contributed by atoms with van der Waals surface area (Å²) < 4.78 is 0. The fourth-order valence-electron chi connectivity index (χ4n) is 1.37. The number of rotatable bonds is 3. The molecule has 6 heteroatoms. The van der Waals surface area contributed by atoms with Gasteiger partial charge in [-0.1, -0.05) is 0 Å². The fourth-order valence-corrected chi connectivity index (χ4v) is 1.37. The molecule has 1 heterocycles. The van der Waals surface area contributed by atoms with Crippen molar-refractivity contribution in [2.24, 2.45) is 5.73 Å². The third kappa shape index (κ3) is 1.95. The molecule has 0 aromatic rings. The highest BCUT2D eigenvalue weighted by molar-refractivity contribution is 5.92. The molecule has 0 radical (unpaired) electrons. The zero-order valence-electron chi connectivity index (χ0n) is 6.90. The van der Waals surface area contributed by atoms with Gasteiger partial charge in [0.1, 0.15) is 12.6 Å². The first-order valence-electron chi connectivity index (χ1n) is 3.83. The number of carbonyl (C=O) groups is 3. The zero-order chi connectivity index (χ0) is 10.0. The molecule has 6 nitrogen and oxygen atoms in total. The number of carboxylic acid groups (broad SMARTS) is 1. The number of primary amides is 1. The van der Waals surface area contributed by atoms with Crippen LogP contribution in [0.2, 0.25) is 0 Å². The van der Waals surface area contributed by atoms with Gasteiger partial charge < -0.3 is 15.7 Å². The molecule has 0 unspecified atom stereocenters. The fraction of sp³-hybridized carbons (Fsp3) is 0.571. The summed E-state index contributed by atoms with van der Waals surface area (Å²) in [5, 5.41) is 8.45. The van der Waals surface area contributed by atoms with E-state index in [-0.39, 0.29) is 12.3 Å². The van der Waals surface area contributed by atoms with Crippen molar-refractivity contribution < 1.29 is 19.5 Å². The van der Waals surface area contributed by atoms with E-state index in [1.165, 1.54) is 0 Å². The van der Waals surface area contributed by atoms with Gasteiger partial charge in [0.15, 0.2) is 0 Å². The van der Waals surface area contributed by atoms with Gasteiger partial charge in [-0.05, 0) is 6.42 Å². The van der Waals surface area contributed by atoms with Crippen LogP contribution in [0.3, 0.4) is 0 Å². The highest BCUT2D eigenvalue weighted by Crippen LogP contribution is 2.17. The minimum absolute atomic E-state index is 0.195. The van der Waals surface area contributed by atoms with E-state index < -0.39 is 24.5 Å². The number of carboxylic acids is 1. The summed E-state index contributed by atoms with van der Waals surface area (Å²) in [6, 6.07) is -0.747. The molecular weight excluding hydrogens is 176 g/mol. The van der Waals surface area contributed by atoms with Crippen molar-refractivity contribution in [3.63, 3.8) is 0 Å². The van der Waals surface area contributed by atoms with E-state index in [1.807, 2.05) is 0 Å². The minimum Gasteiger partial charge on any atom is -0.480 e. The van der Waals surface area contributed by atoms with E-state index in [1.54, 1.807) is 0 Å². The molecular formula is C7H10N2O4. The van der Waals surface area contributed by atoms with Crippen LogP contribution < -0.4 is 5.73 Å². The number of nitrogens with zero attached hydrogens (tertiary/aromatic N) is 1. The maximum atomic E-state index is 11.1. The number of aliphatic carboxylic acids is 1. The third-order valence-electron chi connectivity index (χ3n) is 1.96. The monoisotopic (exact) mass is 186 g/mol.